The van der Waals surface area contributed by atoms with Crippen LogP contribution >= 0.6 is 12.4 Å². The second kappa shape index (κ2) is 8.96. The number of amides is 1. The van der Waals surface area contributed by atoms with Crippen molar-refractivity contribution in [3.05, 3.63) is 57.5 Å². The van der Waals surface area contributed by atoms with Crippen LogP contribution in [0.4, 0.5) is 13.2 Å². The smallest absolute Gasteiger partial charge is 0.346 e. The van der Waals surface area contributed by atoms with E-state index in [-0.39, 0.29) is 35.7 Å². The number of halogens is 4. The minimum atomic E-state index is -4.51. The summed E-state index contributed by atoms with van der Waals surface area (Å²) in [6, 6.07) is 5.63. The molecular formula is C19H22ClF3N4O2. The fraction of sp³-hybridized carbons (Fsp3) is 0.421. The average Bonchev–Trinajstić information content (AvgIpc) is 2.63. The third kappa shape index (κ3) is 5.16. The van der Waals surface area contributed by atoms with Crippen LogP contribution in [-0.4, -0.2) is 34.8 Å². The molecule has 1 amide bonds. The summed E-state index contributed by atoms with van der Waals surface area (Å²) >= 11 is 0. The first-order chi connectivity index (χ1) is 13.2. The number of rotatable bonds is 3. The lowest BCUT2D eigenvalue weighted by Gasteiger charge is -2.30. The number of nitrogens with one attached hydrogen (secondary N) is 2. The van der Waals surface area contributed by atoms with E-state index in [0.29, 0.717) is 12.2 Å². The molecule has 10 heteroatoms. The van der Waals surface area contributed by atoms with E-state index >= 15 is 0 Å². The van der Waals surface area contributed by atoms with Gasteiger partial charge in [0.1, 0.15) is 0 Å². The molecule has 0 bridgehead atoms. The number of piperidine rings is 1. The molecule has 3 rings (SSSR count). The average molecular weight is 431 g/mol. The van der Waals surface area contributed by atoms with Gasteiger partial charge in [0.2, 0.25) is 5.43 Å². The lowest BCUT2D eigenvalue weighted by molar-refractivity contribution is -0.137. The molecule has 1 aromatic heterocycles. The van der Waals surface area contributed by atoms with Gasteiger partial charge < -0.3 is 10.6 Å². The van der Waals surface area contributed by atoms with Crippen LogP contribution in [0.15, 0.2) is 35.1 Å². The van der Waals surface area contributed by atoms with Gasteiger partial charge in [-0.25, -0.2) is 4.68 Å². The number of aryl methyl sites for hydroxylation is 1. The van der Waals surface area contributed by atoms with Crippen LogP contribution in [0.3, 0.4) is 0 Å². The minimum absolute atomic E-state index is 0. The zero-order chi connectivity index (χ0) is 20.5. The third-order valence-electron chi connectivity index (χ3n) is 4.88. The van der Waals surface area contributed by atoms with E-state index in [0.717, 1.165) is 25.1 Å². The number of hydrogen-bond donors (Lipinski definition) is 2. The molecule has 2 atom stereocenters. The summed E-state index contributed by atoms with van der Waals surface area (Å²) in [4.78, 5) is 24.9. The lowest BCUT2D eigenvalue weighted by atomic mass is 9.95. The second-order valence-electron chi connectivity index (χ2n) is 7.01. The molecule has 0 radical (unpaired) electrons. The molecule has 1 fully saturated rings. The molecule has 2 heterocycles. The van der Waals surface area contributed by atoms with Gasteiger partial charge in [-0.3, -0.25) is 9.59 Å². The number of carbonyl (C=O) groups excluding carboxylic acids is 1. The molecule has 29 heavy (non-hydrogen) atoms. The summed E-state index contributed by atoms with van der Waals surface area (Å²) in [6.45, 7) is 5.00. The molecule has 2 unspecified atom stereocenters. The Morgan fingerprint density at radius 1 is 1.31 bits per heavy atom. The van der Waals surface area contributed by atoms with E-state index in [9.17, 15) is 22.8 Å². The molecule has 158 valence electrons. The Balaban J connectivity index is 0.00000300. The lowest BCUT2D eigenvalue weighted by Crippen LogP contribution is -2.51. The van der Waals surface area contributed by atoms with E-state index in [1.54, 1.807) is 6.92 Å². The molecule has 1 aliphatic heterocycles. The quantitative estimate of drug-likeness (QED) is 0.785. The van der Waals surface area contributed by atoms with Crippen molar-refractivity contribution in [2.45, 2.75) is 32.5 Å². The number of carbonyl (C=O) groups is 1. The Labute approximate surface area is 171 Å². The Morgan fingerprint density at radius 3 is 2.69 bits per heavy atom. The fourth-order valence-electron chi connectivity index (χ4n) is 3.20. The maximum absolute atomic E-state index is 13.0. The topological polar surface area (TPSA) is 76.0 Å². The second-order valence-corrected chi connectivity index (χ2v) is 7.01. The maximum atomic E-state index is 13.0. The Kier molecular flexibility index (Phi) is 7.07. The highest BCUT2D eigenvalue weighted by atomic mass is 35.5. The molecule has 1 saturated heterocycles. The summed E-state index contributed by atoms with van der Waals surface area (Å²) in [5, 5.41) is 10.0. The molecule has 6 nitrogen and oxygen atoms in total. The van der Waals surface area contributed by atoms with Crippen molar-refractivity contribution in [3.8, 4) is 5.69 Å². The van der Waals surface area contributed by atoms with E-state index in [1.165, 1.54) is 22.9 Å². The molecule has 0 saturated carbocycles. The Bertz CT molecular complexity index is 946. The van der Waals surface area contributed by atoms with Crippen molar-refractivity contribution in [1.82, 2.24) is 20.4 Å². The van der Waals surface area contributed by atoms with Gasteiger partial charge in [0.05, 0.1) is 11.3 Å². The van der Waals surface area contributed by atoms with Crippen molar-refractivity contribution in [1.29, 1.82) is 0 Å². The first-order valence-corrected chi connectivity index (χ1v) is 8.97. The third-order valence-corrected chi connectivity index (χ3v) is 4.88. The number of benzene rings is 1. The van der Waals surface area contributed by atoms with Crippen LogP contribution in [0.1, 0.15) is 35.1 Å². The fourth-order valence-corrected chi connectivity index (χ4v) is 3.20. The van der Waals surface area contributed by atoms with Crippen LogP contribution in [-0.2, 0) is 6.18 Å². The molecule has 2 aromatic rings. The predicted octanol–water partition coefficient (Wildman–Crippen LogP) is 2.71. The Hall–Kier alpha value is -2.39. The normalized spacial score (nSPS) is 19.3. The van der Waals surface area contributed by atoms with Crippen molar-refractivity contribution >= 4 is 18.3 Å². The highest BCUT2D eigenvalue weighted by Gasteiger charge is 2.31. The highest BCUT2D eigenvalue weighted by Crippen LogP contribution is 2.30. The van der Waals surface area contributed by atoms with Crippen molar-refractivity contribution in [3.63, 3.8) is 0 Å². The highest BCUT2D eigenvalue weighted by molar-refractivity contribution is 5.92. The summed E-state index contributed by atoms with van der Waals surface area (Å²) in [5.41, 5.74) is -1.31. The minimum Gasteiger partial charge on any atom is -0.346 e. The predicted molar refractivity (Wildman–Crippen MR) is 105 cm³/mol. The largest absolute Gasteiger partial charge is 0.416 e. The summed E-state index contributed by atoms with van der Waals surface area (Å²) in [6.07, 6.45) is -3.62. The van der Waals surface area contributed by atoms with E-state index < -0.39 is 23.1 Å². The number of alkyl halides is 3. The first kappa shape index (κ1) is 22.9. The first-order valence-electron chi connectivity index (χ1n) is 8.97. The van der Waals surface area contributed by atoms with Gasteiger partial charge in [-0.05, 0) is 44.0 Å². The van der Waals surface area contributed by atoms with E-state index in [2.05, 4.69) is 15.7 Å². The van der Waals surface area contributed by atoms with E-state index in [1.807, 2.05) is 6.92 Å². The summed E-state index contributed by atoms with van der Waals surface area (Å²) in [5.74, 6) is -0.396. The van der Waals surface area contributed by atoms with Gasteiger partial charge in [-0.15, -0.1) is 12.4 Å². The van der Waals surface area contributed by atoms with Crippen LogP contribution in [0.2, 0.25) is 0 Å². The van der Waals surface area contributed by atoms with Crippen LogP contribution in [0.25, 0.3) is 5.69 Å². The number of nitrogens with zero attached hydrogens (tertiary/aromatic N) is 2. The van der Waals surface area contributed by atoms with Crippen molar-refractivity contribution in [2.24, 2.45) is 5.92 Å². The number of aromatic nitrogens is 2. The van der Waals surface area contributed by atoms with Crippen LogP contribution < -0.4 is 16.1 Å². The monoisotopic (exact) mass is 430 g/mol. The van der Waals surface area contributed by atoms with Gasteiger partial charge >= 0.3 is 6.18 Å². The van der Waals surface area contributed by atoms with Crippen molar-refractivity contribution < 1.29 is 18.0 Å². The van der Waals surface area contributed by atoms with Gasteiger partial charge in [0.25, 0.3) is 5.91 Å². The molecule has 1 aromatic carbocycles. The van der Waals surface area contributed by atoms with Gasteiger partial charge in [-0.1, -0.05) is 13.0 Å². The van der Waals surface area contributed by atoms with Crippen LogP contribution in [0.5, 0.6) is 0 Å². The maximum Gasteiger partial charge on any atom is 0.416 e. The molecule has 1 aliphatic rings. The van der Waals surface area contributed by atoms with Crippen molar-refractivity contribution in [2.75, 3.05) is 13.1 Å². The molecular weight excluding hydrogens is 409 g/mol. The van der Waals surface area contributed by atoms with Gasteiger partial charge in [0, 0.05) is 24.3 Å². The zero-order valence-corrected chi connectivity index (χ0v) is 16.7. The standard InChI is InChI=1S/C19H21F3N4O2.ClH/c1-11-6-7-23-10-15(11)24-18(28)17-16(27)8-12(2)26(25-17)14-5-3-4-13(9-14)19(20,21)22;/h3-5,8-9,11,15,23H,6-7,10H2,1-2H3,(H,24,28);1H. The summed E-state index contributed by atoms with van der Waals surface area (Å²) < 4.78 is 40.2. The summed E-state index contributed by atoms with van der Waals surface area (Å²) in [7, 11) is 0. The molecule has 2 N–H and O–H groups in total. The molecule has 0 spiro atoms. The number of hydrogen-bond acceptors (Lipinski definition) is 4. The van der Waals surface area contributed by atoms with Crippen LogP contribution in [0, 0.1) is 12.8 Å². The van der Waals surface area contributed by atoms with Gasteiger partial charge in [0.15, 0.2) is 5.69 Å². The molecule has 0 aliphatic carbocycles. The zero-order valence-electron chi connectivity index (χ0n) is 15.9. The SMILES string of the molecule is Cc1cc(=O)c(C(=O)NC2CNCCC2C)nn1-c1cccc(C(F)(F)F)c1.Cl. The van der Waals surface area contributed by atoms with E-state index in [4.69, 9.17) is 0 Å². The Morgan fingerprint density at radius 2 is 2.03 bits per heavy atom. The van der Waals surface area contributed by atoms with Gasteiger partial charge in [-0.2, -0.15) is 18.3 Å².